The Hall–Kier alpha value is -2.87. The fourth-order valence-electron chi connectivity index (χ4n) is 4.28. The van der Waals surface area contributed by atoms with Crippen molar-refractivity contribution in [3.05, 3.63) is 59.1 Å². The second kappa shape index (κ2) is 9.17. The zero-order valence-electron chi connectivity index (χ0n) is 18.5. The number of nitrogens with zero attached hydrogens (tertiary/aromatic N) is 2. The molecule has 33 heavy (non-hydrogen) atoms. The van der Waals surface area contributed by atoms with Gasteiger partial charge in [-0.25, -0.2) is 4.98 Å². The van der Waals surface area contributed by atoms with E-state index >= 15 is 0 Å². The quantitative estimate of drug-likeness (QED) is 0.593. The average Bonchev–Trinajstić information content (AvgIpc) is 3.28. The number of amides is 1. The number of rotatable bonds is 5. The molecule has 1 N–H and O–H groups in total. The molecule has 2 aromatic carbocycles. The molecule has 0 saturated carbocycles. The molecule has 8 heteroatoms. The lowest BCUT2D eigenvalue weighted by molar-refractivity contribution is -0.169. The number of ether oxygens (including phenoxy) is 3. The number of carbonyl (C=O) groups is 1. The van der Waals surface area contributed by atoms with E-state index in [2.05, 4.69) is 10.2 Å². The van der Waals surface area contributed by atoms with Crippen LogP contribution in [0.25, 0.3) is 10.9 Å². The van der Waals surface area contributed by atoms with E-state index in [0.29, 0.717) is 29.7 Å². The summed E-state index contributed by atoms with van der Waals surface area (Å²) in [4.78, 5) is 19.5. The summed E-state index contributed by atoms with van der Waals surface area (Å²) in [5.74, 6) is 0.768. The third-order valence-corrected chi connectivity index (χ3v) is 6.55. The van der Waals surface area contributed by atoms with Crippen molar-refractivity contribution in [2.45, 2.75) is 25.6 Å². The lowest BCUT2D eigenvalue weighted by Gasteiger charge is -2.38. The van der Waals surface area contributed by atoms with Crippen LogP contribution in [0.15, 0.2) is 48.5 Å². The van der Waals surface area contributed by atoms with Crippen LogP contribution in [0.3, 0.4) is 0 Å². The molecule has 1 amide bonds. The van der Waals surface area contributed by atoms with Crippen LogP contribution in [0.5, 0.6) is 5.75 Å². The normalized spacial score (nSPS) is 17.5. The molecule has 2 fully saturated rings. The van der Waals surface area contributed by atoms with Crippen LogP contribution in [0.1, 0.15) is 18.4 Å². The van der Waals surface area contributed by atoms with Gasteiger partial charge in [-0.3, -0.25) is 4.79 Å². The van der Waals surface area contributed by atoms with Crippen LogP contribution in [-0.4, -0.2) is 49.6 Å². The molecule has 0 atom stereocenters. The fourth-order valence-corrected chi connectivity index (χ4v) is 4.46. The molecule has 1 aromatic heterocycles. The largest absolute Gasteiger partial charge is 0.481 e. The summed E-state index contributed by atoms with van der Waals surface area (Å²) in [7, 11) is 0. The molecule has 2 saturated heterocycles. The van der Waals surface area contributed by atoms with Gasteiger partial charge in [-0.15, -0.1) is 0 Å². The van der Waals surface area contributed by atoms with E-state index in [1.54, 1.807) is 6.07 Å². The summed E-state index contributed by atoms with van der Waals surface area (Å²) >= 11 is 6.14. The van der Waals surface area contributed by atoms with E-state index in [1.165, 1.54) is 0 Å². The van der Waals surface area contributed by atoms with Gasteiger partial charge in [0.2, 0.25) is 0 Å². The lowest BCUT2D eigenvalue weighted by Crippen LogP contribution is -2.45. The fraction of sp³-hybridized carbons (Fsp3) is 0.360. The molecule has 3 aromatic rings. The number of hydrogen-bond donors (Lipinski definition) is 1. The van der Waals surface area contributed by atoms with Gasteiger partial charge in [-0.2, -0.15) is 0 Å². The molecule has 0 aliphatic carbocycles. The van der Waals surface area contributed by atoms with Gasteiger partial charge in [0.1, 0.15) is 17.1 Å². The number of aryl methyl sites for hydroxylation is 1. The maximum Gasteiger partial charge on any atom is 0.262 e. The zero-order chi connectivity index (χ0) is 22.8. The minimum absolute atomic E-state index is 0.128. The third kappa shape index (κ3) is 4.76. The standard InChI is InChI=1S/C25H26ClN3O4/c1-17-5-7-19(15-20(17)26)27-23(30)16-31-21-4-2-3-18-6-8-22(28-24(18)21)29-11-9-25(10-12-29)32-13-14-33-25/h2-8,15H,9-14,16H2,1H3,(H,27,30). The highest BCUT2D eigenvalue weighted by molar-refractivity contribution is 6.31. The number of piperidine rings is 1. The summed E-state index contributed by atoms with van der Waals surface area (Å²) < 4.78 is 17.5. The Balaban J connectivity index is 1.27. The predicted molar refractivity (Wildman–Crippen MR) is 128 cm³/mol. The van der Waals surface area contributed by atoms with Crippen molar-refractivity contribution in [3.63, 3.8) is 0 Å². The van der Waals surface area contributed by atoms with Crippen molar-refractivity contribution in [3.8, 4) is 5.75 Å². The minimum atomic E-state index is -0.420. The van der Waals surface area contributed by atoms with Crippen LogP contribution < -0.4 is 15.0 Å². The highest BCUT2D eigenvalue weighted by Crippen LogP contribution is 2.34. The molecule has 0 unspecified atom stereocenters. The van der Waals surface area contributed by atoms with E-state index < -0.39 is 5.79 Å². The first-order valence-corrected chi connectivity index (χ1v) is 11.5. The van der Waals surface area contributed by atoms with Gasteiger partial charge >= 0.3 is 0 Å². The van der Waals surface area contributed by atoms with Crippen LogP contribution in [0.4, 0.5) is 11.5 Å². The summed E-state index contributed by atoms with van der Waals surface area (Å²) in [6.45, 7) is 4.74. The summed E-state index contributed by atoms with van der Waals surface area (Å²) in [6, 6.07) is 15.2. The molecule has 1 spiro atoms. The van der Waals surface area contributed by atoms with E-state index in [-0.39, 0.29) is 12.5 Å². The Morgan fingerprint density at radius 3 is 2.70 bits per heavy atom. The molecule has 5 rings (SSSR count). The molecule has 7 nitrogen and oxygen atoms in total. The molecule has 0 bridgehead atoms. The van der Waals surface area contributed by atoms with Gasteiger partial charge in [0.15, 0.2) is 12.4 Å². The van der Waals surface area contributed by atoms with Crippen LogP contribution in [0, 0.1) is 6.92 Å². The Bertz CT molecular complexity index is 1170. The van der Waals surface area contributed by atoms with Crippen molar-refractivity contribution in [2.24, 2.45) is 0 Å². The molecular weight excluding hydrogens is 442 g/mol. The number of fused-ring (bicyclic) bond motifs is 1. The van der Waals surface area contributed by atoms with Crippen molar-refractivity contribution in [1.82, 2.24) is 4.98 Å². The zero-order valence-corrected chi connectivity index (χ0v) is 19.2. The molecule has 172 valence electrons. The van der Waals surface area contributed by atoms with E-state index in [1.807, 2.05) is 49.4 Å². The Morgan fingerprint density at radius 2 is 1.94 bits per heavy atom. The smallest absolute Gasteiger partial charge is 0.262 e. The van der Waals surface area contributed by atoms with Crippen molar-refractivity contribution < 1.29 is 19.0 Å². The maximum absolute atomic E-state index is 12.4. The number of nitrogens with one attached hydrogen (secondary N) is 1. The SMILES string of the molecule is Cc1ccc(NC(=O)COc2cccc3ccc(N4CCC5(CC4)OCCO5)nc23)cc1Cl. The topological polar surface area (TPSA) is 72.9 Å². The first-order chi connectivity index (χ1) is 16.0. The van der Waals surface area contributed by atoms with Gasteiger partial charge in [0.05, 0.1) is 13.2 Å². The summed E-state index contributed by atoms with van der Waals surface area (Å²) in [5.41, 5.74) is 2.32. The summed E-state index contributed by atoms with van der Waals surface area (Å²) in [5, 5.41) is 4.38. The first-order valence-electron chi connectivity index (χ1n) is 11.1. The van der Waals surface area contributed by atoms with Gasteiger partial charge in [0, 0.05) is 42.0 Å². The Labute approximate surface area is 197 Å². The van der Waals surface area contributed by atoms with Crippen LogP contribution in [0.2, 0.25) is 5.02 Å². The molecule has 2 aliphatic rings. The van der Waals surface area contributed by atoms with E-state index in [4.69, 9.17) is 30.8 Å². The van der Waals surface area contributed by atoms with E-state index in [0.717, 1.165) is 48.2 Å². The summed E-state index contributed by atoms with van der Waals surface area (Å²) in [6.07, 6.45) is 1.63. The number of para-hydroxylation sites is 1. The molecule has 3 heterocycles. The second-order valence-electron chi connectivity index (χ2n) is 8.39. The van der Waals surface area contributed by atoms with Gasteiger partial charge in [-0.1, -0.05) is 29.8 Å². The van der Waals surface area contributed by atoms with Crippen molar-refractivity contribution in [1.29, 1.82) is 0 Å². The number of benzene rings is 2. The van der Waals surface area contributed by atoms with E-state index in [9.17, 15) is 4.79 Å². The number of aromatic nitrogens is 1. The monoisotopic (exact) mass is 467 g/mol. The number of carbonyl (C=O) groups excluding carboxylic acids is 1. The predicted octanol–water partition coefficient (Wildman–Crippen LogP) is 4.56. The number of hydrogen-bond acceptors (Lipinski definition) is 6. The van der Waals surface area contributed by atoms with Gasteiger partial charge in [0.25, 0.3) is 5.91 Å². The average molecular weight is 468 g/mol. The Morgan fingerprint density at radius 1 is 1.15 bits per heavy atom. The van der Waals surface area contributed by atoms with Crippen molar-refractivity contribution in [2.75, 3.05) is 43.1 Å². The van der Waals surface area contributed by atoms with Crippen LogP contribution in [-0.2, 0) is 14.3 Å². The highest BCUT2D eigenvalue weighted by atomic mass is 35.5. The first kappa shape index (κ1) is 21.9. The van der Waals surface area contributed by atoms with Gasteiger partial charge in [-0.05, 0) is 42.8 Å². The maximum atomic E-state index is 12.4. The Kier molecular flexibility index (Phi) is 6.10. The number of pyridine rings is 1. The lowest BCUT2D eigenvalue weighted by atomic mass is 10.0. The van der Waals surface area contributed by atoms with Gasteiger partial charge < -0.3 is 24.4 Å². The van der Waals surface area contributed by atoms with Crippen LogP contribution >= 0.6 is 11.6 Å². The third-order valence-electron chi connectivity index (χ3n) is 6.15. The van der Waals surface area contributed by atoms with Crippen molar-refractivity contribution >= 4 is 39.9 Å². The molecule has 2 aliphatic heterocycles. The minimum Gasteiger partial charge on any atom is -0.481 e. The highest BCUT2D eigenvalue weighted by Gasteiger charge is 2.40. The molecular formula is C25H26ClN3O4. The number of anilines is 2. The molecule has 0 radical (unpaired) electrons. The second-order valence-corrected chi connectivity index (χ2v) is 8.80. The number of halogens is 1.